The first-order valence-corrected chi connectivity index (χ1v) is 30.3. The van der Waals surface area contributed by atoms with Crippen molar-refractivity contribution in [1.29, 1.82) is 0 Å². The van der Waals surface area contributed by atoms with Crippen molar-refractivity contribution in [3.63, 3.8) is 0 Å². The lowest BCUT2D eigenvalue weighted by Crippen LogP contribution is -2.39. The molecule has 0 aromatic carbocycles. The van der Waals surface area contributed by atoms with Crippen molar-refractivity contribution in [3.8, 4) is 0 Å². The summed E-state index contributed by atoms with van der Waals surface area (Å²) < 4.78 is 53.6. The molecule has 1 aromatic heterocycles. The number of hydrogen-bond acceptors (Lipinski definition) is 12. The van der Waals surface area contributed by atoms with Crippen molar-refractivity contribution in [2.45, 2.75) is 251 Å². The molecule has 2 rings (SSSR count). The molecule has 6 unspecified atom stereocenters. The molecule has 3 N–H and O–H groups in total. The highest BCUT2D eigenvalue weighted by atomic mass is 32.2. The van der Waals surface area contributed by atoms with Gasteiger partial charge in [-0.2, -0.15) is 16.1 Å². The maximum atomic E-state index is 13.1. The van der Waals surface area contributed by atoms with E-state index < -0.39 is 70.1 Å². The van der Waals surface area contributed by atoms with Gasteiger partial charge in [0, 0.05) is 35.3 Å². The zero-order chi connectivity index (χ0) is 49.9. The standard InChI is InChI=1S/C48H89N5O12P2S/c1-5-7-9-11-13-15-17-19-20-21-23-25-27-29-31-33-35-68-40-48(4,64-45(54)34-32-30-28-26-24-22-18-16-14-12-10-8-6-2)39-62-67(59,60)65-66(57,58)61-38-43-42(51-52-49)36-44(63-43)53-37-41(3)46(55)50-47(53)56/h37,42-44H,5-36,38-40H2,1-4H3,(H,57,58)(H,59,60)(H,50,55,56). The van der Waals surface area contributed by atoms with E-state index in [2.05, 4.69) is 33.2 Å². The van der Waals surface area contributed by atoms with E-state index in [0.29, 0.717) is 6.42 Å². The molecule has 17 nitrogen and oxygen atoms in total. The Morgan fingerprint density at radius 2 is 1.25 bits per heavy atom. The number of aryl methyl sites for hydroxylation is 1. The van der Waals surface area contributed by atoms with Gasteiger partial charge in [-0.25, -0.2) is 13.9 Å². The van der Waals surface area contributed by atoms with Crippen LogP contribution in [-0.4, -0.2) is 67.8 Å². The predicted molar refractivity (Wildman–Crippen MR) is 272 cm³/mol. The van der Waals surface area contributed by atoms with Crippen molar-refractivity contribution >= 4 is 33.4 Å². The van der Waals surface area contributed by atoms with E-state index in [1.807, 2.05) is 0 Å². The Morgan fingerprint density at radius 1 is 0.794 bits per heavy atom. The van der Waals surface area contributed by atoms with Crippen LogP contribution in [0.2, 0.25) is 0 Å². The number of nitrogens with zero attached hydrogens (tertiary/aromatic N) is 4. The van der Waals surface area contributed by atoms with Gasteiger partial charge in [0.25, 0.3) is 5.56 Å². The van der Waals surface area contributed by atoms with Crippen molar-refractivity contribution < 1.29 is 46.5 Å². The molecule has 0 aliphatic carbocycles. The Hall–Kier alpha value is -1.97. The van der Waals surface area contributed by atoms with Gasteiger partial charge >= 0.3 is 27.3 Å². The van der Waals surface area contributed by atoms with Gasteiger partial charge in [0.15, 0.2) is 0 Å². The van der Waals surface area contributed by atoms with Crippen LogP contribution in [0.25, 0.3) is 10.4 Å². The minimum atomic E-state index is -5.31. The fourth-order valence-corrected chi connectivity index (χ4v) is 11.7. The van der Waals surface area contributed by atoms with Gasteiger partial charge in [0.2, 0.25) is 0 Å². The third kappa shape index (κ3) is 29.4. The molecule has 1 saturated heterocycles. The quantitative estimate of drug-likeness (QED) is 0.0138. The normalized spacial score (nSPS) is 18.7. The molecule has 68 heavy (non-hydrogen) atoms. The van der Waals surface area contributed by atoms with Gasteiger partial charge < -0.3 is 19.3 Å². The molecule has 2 heterocycles. The van der Waals surface area contributed by atoms with E-state index in [1.54, 1.807) is 18.7 Å². The summed E-state index contributed by atoms with van der Waals surface area (Å²) in [5.74, 6) is 0.577. The molecule has 0 amide bonds. The largest absolute Gasteiger partial charge is 0.481 e. The first-order chi connectivity index (χ1) is 32.6. The number of esters is 1. The maximum absolute atomic E-state index is 13.1. The molecule has 0 saturated carbocycles. The molecule has 0 spiro atoms. The zero-order valence-corrected chi connectivity index (χ0v) is 44.7. The molecule has 1 aromatic rings. The molecular weight excluding hydrogens is 933 g/mol. The number of azide groups is 1. The van der Waals surface area contributed by atoms with Crippen LogP contribution in [0.3, 0.4) is 0 Å². The lowest BCUT2D eigenvalue weighted by molar-refractivity contribution is -0.159. The molecular formula is C48H89N5O12P2S. The van der Waals surface area contributed by atoms with Crippen LogP contribution in [-0.2, 0) is 36.8 Å². The number of carbonyl (C=O) groups is 1. The number of aromatic nitrogens is 2. The molecule has 0 bridgehead atoms. The van der Waals surface area contributed by atoms with Crippen LogP contribution in [0.15, 0.2) is 20.9 Å². The van der Waals surface area contributed by atoms with Gasteiger partial charge in [0.1, 0.15) is 11.8 Å². The fourth-order valence-electron chi connectivity index (χ4n) is 8.34. The van der Waals surface area contributed by atoms with Gasteiger partial charge in [-0.15, -0.1) is 0 Å². The topological polar surface area (TPSA) is 241 Å². The van der Waals surface area contributed by atoms with Gasteiger partial charge in [-0.3, -0.25) is 28.2 Å². The highest BCUT2D eigenvalue weighted by Crippen LogP contribution is 2.61. The van der Waals surface area contributed by atoms with Crippen LogP contribution in [0.4, 0.5) is 0 Å². The molecule has 0 radical (unpaired) electrons. The monoisotopic (exact) mass is 1020 g/mol. The van der Waals surface area contributed by atoms with Crippen LogP contribution < -0.4 is 11.2 Å². The highest BCUT2D eigenvalue weighted by Gasteiger charge is 2.42. The second-order valence-corrected chi connectivity index (χ2v) is 23.1. The van der Waals surface area contributed by atoms with Gasteiger partial charge in [-0.05, 0) is 38.0 Å². The van der Waals surface area contributed by atoms with Crippen molar-refractivity contribution in [1.82, 2.24) is 9.55 Å². The number of thioether (sulfide) groups is 1. The van der Waals surface area contributed by atoms with Crippen LogP contribution in [0, 0.1) is 6.92 Å². The lowest BCUT2D eigenvalue weighted by atomic mass is 10.0. The Labute approximate surface area is 411 Å². The zero-order valence-electron chi connectivity index (χ0n) is 42.1. The van der Waals surface area contributed by atoms with Crippen LogP contribution in [0.1, 0.15) is 232 Å². The molecule has 1 aliphatic heterocycles. The second-order valence-electron chi connectivity index (χ2n) is 19.0. The SMILES string of the molecule is CCCCCCCCCCCCCCCCCCSCC(C)(COP(=O)(O)OP(=O)(O)OCC1OC(n2cc(C)c(=O)[nH]c2=O)CC1N=[N+]=[N-])OC(=O)CCCCCCCCCCCCCCC. The average Bonchev–Trinajstić information content (AvgIpc) is 3.69. The van der Waals surface area contributed by atoms with Gasteiger partial charge in [0.05, 0.1) is 25.4 Å². The summed E-state index contributed by atoms with van der Waals surface area (Å²) in [7, 11) is -10.6. The fraction of sp³-hybridized carbons (Fsp3) is 0.896. The number of carbonyl (C=O) groups excluding carboxylic acids is 1. The third-order valence-corrected chi connectivity index (χ3v) is 16.4. The van der Waals surface area contributed by atoms with E-state index >= 15 is 0 Å². The maximum Gasteiger partial charge on any atom is 0.481 e. The number of H-pyrrole nitrogens is 1. The molecule has 394 valence electrons. The number of nitrogens with one attached hydrogen (secondary N) is 1. The first-order valence-electron chi connectivity index (χ1n) is 26.1. The molecule has 1 aliphatic rings. The number of rotatable bonds is 44. The Bertz CT molecular complexity index is 1780. The third-order valence-electron chi connectivity index (χ3n) is 12.4. The van der Waals surface area contributed by atoms with Crippen LogP contribution in [0.5, 0.6) is 0 Å². The summed E-state index contributed by atoms with van der Waals surface area (Å²) in [6.07, 6.45) is 34.8. The minimum Gasteiger partial charge on any atom is -0.456 e. The van der Waals surface area contributed by atoms with Crippen molar-refractivity contribution in [2.75, 3.05) is 24.7 Å². The number of phosphoric acid groups is 2. The number of ether oxygens (including phenoxy) is 2. The number of unbranched alkanes of at least 4 members (excludes halogenated alkanes) is 27. The average molecular weight is 1020 g/mol. The second kappa shape index (κ2) is 36.9. The van der Waals surface area contributed by atoms with Gasteiger partial charge in [-0.1, -0.05) is 192 Å². The van der Waals surface area contributed by atoms with E-state index in [9.17, 15) is 33.3 Å². The van der Waals surface area contributed by atoms with Crippen LogP contribution >= 0.6 is 27.4 Å². The number of phosphoric ester groups is 2. The summed E-state index contributed by atoms with van der Waals surface area (Å²) in [4.78, 5) is 63.4. The molecule has 6 atom stereocenters. The predicted octanol–water partition coefficient (Wildman–Crippen LogP) is 13.8. The van der Waals surface area contributed by atoms with E-state index in [0.717, 1.165) is 48.8 Å². The summed E-state index contributed by atoms with van der Waals surface area (Å²) in [6.45, 7) is 6.23. The summed E-state index contributed by atoms with van der Waals surface area (Å²) >= 11 is 1.54. The Kier molecular flexibility index (Phi) is 33.7. The summed E-state index contributed by atoms with van der Waals surface area (Å²) in [6, 6.07) is -0.979. The lowest BCUT2D eigenvalue weighted by Gasteiger charge is -2.30. The summed E-state index contributed by atoms with van der Waals surface area (Å²) in [5.41, 5.74) is 6.59. The highest BCUT2D eigenvalue weighted by molar-refractivity contribution is 7.99. The van der Waals surface area contributed by atoms with E-state index in [1.165, 1.54) is 154 Å². The number of hydrogen-bond donors (Lipinski definition) is 3. The first kappa shape index (κ1) is 62.1. The Morgan fingerprint density at radius 3 is 1.74 bits per heavy atom. The summed E-state index contributed by atoms with van der Waals surface area (Å²) in [5, 5.41) is 3.64. The van der Waals surface area contributed by atoms with E-state index in [4.69, 9.17) is 24.1 Å². The molecule has 1 fully saturated rings. The molecule has 20 heteroatoms. The van der Waals surface area contributed by atoms with E-state index in [-0.39, 0.29) is 24.2 Å². The smallest absolute Gasteiger partial charge is 0.456 e. The Balaban J connectivity index is 1.85. The van der Waals surface area contributed by atoms with Crippen molar-refractivity contribution in [2.24, 2.45) is 5.11 Å². The number of aromatic amines is 1. The van der Waals surface area contributed by atoms with Crippen molar-refractivity contribution in [3.05, 3.63) is 43.0 Å². The minimum absolute atomic E-state index is 0.0458.